The molecule has 0 atom stereocenters. The molecular weight excluding hydrogens is 311 g/mol. The molecule has 0 spiro atoms. The molecule has 3 aromatic rings. The molecule has 0 unspecified atom stereocenters. The fraction of sp³-hybridized carbons (Fsp3) is 0.294. The summed E-state index contributed by atoms with van der Waals surface area (Å²) in [5, 5.41) is 0.989. The first-order valence-corrected chi connectivity index (χ1v) is 8.53. The molecule has 1 aromatic carbocycles. The summed E-state index contributed by atoms with van der Waals surface area (Å²) in [5.41, 5.74) is 1.98. The molecular formula is C17H17FN4S. The van der Waals surface area contributed by atoms with E-state index in [2.05, 4.69) is 25.8 Å². The van der Waals surface area contributed by atoms with Crippen molar-refractivity contribution in [2.24, 2.45) is 0 Å². The molecule has 23 heavy (non-hydrogen) atoms. The Balaban J connectivity index is 1.42. The van der Waals surface area contributed by atoms with Crippen LogP contribution in [0.15, 0.2) is 42.6 Å². The molecule has 1 aliphatic heterocycles. The molecule has 1 saturated heterocycles. The van der Waals surface area contributed by atoms with Gasteiger partial charge in [0.1, 0.15) is 5.82 Å². The zero-order valence-electron chi connectivity index (χ0n) is 12.7. The van der Waals surface area contributed by atoms with Crippen molar-refractivity contribution in [2.45, 2.75) is 6.54 Å². The molecule has 3 heterocycles. The maximum atomic E-state index is 13.3. The van der Waals surface area contributed by atoms with Gasteiger partial charge in [0.2, 0.25) is 0 Å². The average molecular weight is 328 g/mol. The van der Waals surface area contributed by atoms with Gasteiger partial charge in [-0.25, -0.2) is 9.37 Å². The highest BCUT2D eigenvalue weighted by Crippen LogP contribution is 2.29. The number of anilines is 1. The van der Waals surface area contributed by atoms with Gasteiger partial charge in [0, 0.05) is 38.9 Å². The van der Waals surface area contributed by atoms with Gasteiger partial charge in [0.25, 0.3) is 0 Å². The second-order valence-electron chi connectivity index (χ2n) is 5.69. The first-order chi connectivity index (χ1) is 11.3. The Morgan fingerprint density at radius 2 is 1.96 bits per heavy atom. The number of aromatic nitrogens is 2. The van der Waals surface area contributed by atoms with E-state index in [1.54, 1.807) is 23.5 Å². The fourth-order valence-electron chi connectivity index (χ4n) is 2.84. The predicted octanol–water partition coefficient (Wildman–Crippen LogP) is 3.15. The molecule has 1 fully saturated rings. The summed E-state index contributed by atoms with van der Waals surface area (Å²) in [6.45, 7) is 4.74. The molecule has 0 N–H and O–H groups in total. The van der Waals surface area contributed by atoms with Gasteiger partial charge in [-0.15, -0.1) is 0 Å². The number of hydrogen-bond acceptors (Lipinski definition) is 5. The molecule has 0 amide bonds. The van der Waals surface area contributed by atoms with Crippen LogP contribution in [-0.2, 0) is 6.54 Å². The van der Waals surface area contributed by atoms with E-state index in [0.29, 0.717) is 0 Å². The second-order valence-corrected chi connectivity index (χ2v) is 6.70. The van der Waals surface area contributed by atoms with E-state index in [0.717, 1.165) is 53.8 Å². The van der Waals surface area contributed by atoms with Crippen molar-refractivity contribution < 1.29 is 4.39 Å². The van der Waals surface area contributed by atoms with E-state index in [4.69, 9.17) is 0 Å². The number of pyridine rings is 1. The Bertz CT molecular complexity index is 797. The Hall–Kier alpha value is -2.05. The zero-order chi connectivity index (χ0) is 15.6. The standard InChI is InChI=1S/C17H17FN4S/c18-13-4-5-15-16(11-13)23-17(20-15)22-9-7-21(8-10-22)12-14-3-1-2-6-19-14/h1-6,11H,7-10,12H2. The van der Waals surface area contributed by atoms with Crippen molar-refractivity contribution in [3.63, 3.8) is 0 Å². The van der Waals surface area contributed by atoms with Crippen molar-refractivity contribution >= 4 is 26.7 Å². The number of thiazole rings is 1. The first-order valence-electron chi connectivity index (χ1n) is 7.71. The lowest BCUT2D eigenvalue weighted by Gasteiger charge is -2.34. The summed E-state index contributed by atoms with van der Waals surface area (Å²) < 4.78 is 14.2. The van der Waals surface area contributed by atoms with Gasteiger partial charge in [-0.1, -0.05) is 17.4 Å². The number of hydrogen-bond donors (Lipinski definition) is 0. The smallest absolute Gasteiger partial charge is 0.186 e. The number of piperazine rings is 1. The molecule has 1 aliphatic rings. The van der Waals surface area contributed by atoms with Crippen LogP contribution in [0.2, 0.25) is 0 Å². The van der Waals surface area contributed by atoms with Gasteiger partial charge >= 0.3 is 0 Å². The lowest BCUT2D eigenvalue weighted by atomic mass is 10.3. The Morgan fingerprint density at radius 1 is 1.09 bits per heavy atom. The minimum absolute atomic E-state index is 0.201. The maximum Gasteiger partial charge on any atom is 0.186 e. The van der Waals surface area contributed by atoms with Crippen molar-refractivity contribution in [2.75, 3.05) is 31.1 Å². The van der Waals surface area contributed by atoms with Gasteiger partial charge in [0.15, 0.2) is 5.13 Å². The Kier molecular flexibility index (Phi) is 3.93. The predicted molar refractivity (Wildman–Crippen MR) is 91.3 cm³/mol. The summed E-state index contributed by atoms with van der Waals surface area (Å²) in [7, 11) is 0. The highest BCUT2D eigenvalue weighted by Gasteiger charge is 2.20. The maximum absolute atomic E-state index is 13.3. The lowest BCUT2D eigenvalue weighted by Crippen LogP contribution is -2.46. The zero-order valence-corrected chi connectivity index (χ0v) is 13.5. The molecule has 0 bridgehead atoms. The van der Waals surface area contributed by atoms with Crippen LogP contribution in [0.25, 0.3) is 10.2 Å². The molecule has 4 nitrogen and oxygen atoms in total. The van der Waals surface area contributed by atoms with Gasteiger partial charge in [0.05, 0.1) is 15.9 Å². The molecule has 6 heteroatoms. The van der Waals surface area contributed by atoms with Crippen LogP contribution in [0, 0.1) is 5.82 Å². The van der Waals surface area contributed by atoms with E-state index in [9.17, 15) is 4.39 Å². The average Bonchev–Trinajstić information content (AvgIpc) is 2.99. The number of rotatable bonds is 3. The molecule has 0 aliphatic carbocycles. The summed E-state index contributed by atoms with van der Waals surface area (Å²) in [6.07, 6.45) is 1.84. The number of benzene rings is 1. The van der Waals surface area contributed by atoms with Crippen LogP contribution in [0.1, 0.15) is 5.69 Å². The van der Waals surface area contributed by atoms with Crippen LogP contribution in [0.4, 0.5) is 9.52 Å². The van der Waals surface area contributed by atoms with Crippen LogP contribution in [-0.4, -0.2) is 41.0 Å². The summed E-state index contributed by atoms with van der Waals surface area (Å²) in [5.74, 6) is -0.201. The second kappa shape index (κ2) is 6.22. The lowest BCUT2D eigenvalue weighted by molar-refractivity contribution is 0.247. The summed E-state index contributed by atoms with van der Waals surface area (Å²) in [6, 6.07) is 10.8. The van der Waals surface area contributed by atoms with E-state index in [1.807, 2.05) is 18.3 Å². The molecule has 4 rings (SSSR count). The van der Waals surface area contributed by atoms with Crippen LogP contribution < -0.4 is 4.90 Å². The minimum atomic E-state index is -0.201. The third-order valence-corrected chi connectivity index (χ3v) is 5.17. The van der Waals surface area contributed by atoms with Crippen molar-refractivity contribution in [1.29, 1.82) is 0 Å². The summed E-state index contributed by atoms with van der Waals surface area (Å²) >= 11 is 1.57. The van der Waals surface area contributed by atoms with Gasteiger partial charge in [-0.3, -0.25) is 9.88 Å². The molecule has 0 radical (unpaired) electrons. The van der Waals surface area contributed by atoms with E-state index >= 15 is 0 Å². The highest BCUT2D eigenvalue weighted by molar-refractivity contribution is 7.22. The van der Waals surface area contributed by atoms with Crippen molar-refractivity contribution in [3.05, 3.63) is 54.1 Å². The first kappa shape index (κ1) is 14.5. The van der Waals surface area contributed by atoms with Crippen molar-refractivity contribution in [3.8, 4) is 0 Å². The molecule has 0 saturated carbocycles. The largest absolute Gasteiger partial charge is 0.345 e. The molecule has 2 aromatic heterocycles. The van der Waals surface area contributed by atoms with Gasteiger partial charge < -0.3 is 4.90 Å². The van der Waals surface area contributed by atoms with E-state index in [1.165, 1.54) is 6.07 Å². The fourth-order valence-corrected chi connectivity index (χ4v) is 3.88. The number of halogens is 1. The normalized spacial score (nSPS) is 16.1. The van der Waals surface area contributed by atoms with E-state index in [-0.39, 0.29) is 5.82 Å². The van der Waals surface area contributed by atoms with Crippen molar-refractivity contribution in [1.82, 2.24) is 14.9 Å². The van der Waals surface area contributed by atoms with Gasteiger partial charge in [-0.05, 0) is 30.3 Å². The summed E-state index contributed by atoms with van der Waals surface area (Å²) in [4.78, 5) is 13.7. The molecule has 118 valence electrons. The van der Waals surface area contributed by atoms with Crippen LogP contribution >= 0.6 is 11.3 Å². The third kappa shape index (κ3) is 3.18. The SMILES string of the molecule is Fc1ccc2nc(N3CCN(Cc4ccccn4)CC3)sc2c1. The van der Waals surface area contributed by atoms with Crippen LogP contribution in [0.5, 0.6) is 0 Å². The quantitative estimate of drug-likeness (QED) is 0.739. The Morgan fingerprint density at radius 3 is 2.74 bits per heavy atom. The Labute approximate surface area is 138 Å². The van der Waals surface area contributed by atoms with Gasteiger partial charge in [-0.2, -0.15) is 0 Å². The highest BCUT2D eigenvalue weighted by atomic mass is 32.1. The monoisotopic (exact) mass is 328 g/mol. The third-order valence-electron chi connectivity index (χ3n) is 4.09. The number of fused-ring (bicyclic) bond motifs is 1. The topological polar surface area (TPSA) is 32.3 Å². The minimum Gasteiger partial charge on any atom is -0.345 e. The van der Waals surface area contributed by atoms with Crippen LogP contribution in [0.3, 0.4) is 0 Å². The number of nitrogens with zero attached hydrogens (tertiary/aromatic N) is 4. The van der Waals surface area contributed by atoms with E-state index < -0.39 is 0 Å².